The lowest BCUT2D eigenvalue weighted by Gasteiger charge is -2.29. The van der Waals surface area contributed by atoms with Crippen molar-refractivity contribution in [1.29, 1.82) is 0 Å². The highest BCUT2D eigenvalue weighted by atomic mass is 16.6. The van der Waals surface area contributed by atoms with Gasteiger partial charge in [-0.05, 0) is 57.7 Å². The van der Waals surface area contributed by atoms with Crippen LogP contribution in [0.2, 0.25) is 0 Å². The number of ether oxygens (including phenoxy) is 1. The van der Waals surface area contributed by atoms with Crippen molar-refractivity contribution in [3.63, 3.8) is 0 Å². The number of rotatable bonds is 5. The number of carbonyl (C=O) groups is 2. The van der Waals surface area contributed by atoms with E-state index < -0.39 is 11.6 Å². The van der Waals surface area contributed by atoms with Gasteiger partial charge in [0.25, 0.3) is 0 Å². The molecule has 0 bridgehead atoms. The van der Waals surface area contributed by atoms with E-state index in [9.17, 15) is 14.7 Å². The second-order valence-corrected chi connectivity index (χ2v) is 7.05. The lowest BCUT2D eigenvalue weighted by molar-refractivity contribution is -0.167. The van der Waals surface area contributed by atoms with E-state index in [4.69, 9.17) is 4.74 Å². The first kappa shape index (κ1) is 18.4. The Morgan fingerprint density at radius 3 is 2.42 bits per heavy atom. The molecule has 1 saturated carbocycles. The quantitative estimate of drug-likeness (QED) is 0.658. The van der Waals surface area contributed by atoms with Gasteiger partial charge in [-0.15, -0.1) is 0 Å². The largest absolute Gasteiger partial charge is 0.455 e. The first-order valence-corrected chi connectivity index (χ1v) is 9.09. The molecular formula is C21H25NO4. The number of aliphatic hydroxyl groups is 1. The molecule has 1 aromatic carbocycles. The fourth-order valence-corrected chi connectivity index (χ4v) is 3.70. The zero-order valence-electron chi connectivity index (χ0n) is 15.3. The van der Waals surface area contributed by atoms with E-state index in [0.717, 1.165) is 36.3 Å². The Bertz CT molecular complexity index is 801. The lowest BCUT2D eigenvalue weighted by atomic mass is 9.85. The summed E-state index contributed by atoms with van der Waals surface area (Å²) in [5.41, 5.74) is 1.84. The summed E-state index contributed by atoms with van der Waals surface area (Å²) < 4.78 is 7.17. The van der Waals surface area contributed by atoms with E-state index in [-0.39, 0.29) is 12.4 Å². The highest BCUT2D eigenvalue weighted by molar-refractivity contribution is 5.99. The minimum absolute atomic E-state index is 0.256. The molecule has 0 atom stereocenters. The van der Waals surface area contributed by atoms with Crippen LogP contribution < -0.4 is 0 Å². The summed E-state index contributed by atoms with van der Waals surface area (Å²) in [4.78, 5) is 24.8. The predicted molar refractivity (Wildman–Crippen MR) is 98.6 cm³/mol. The maximum atomic E-state index is 12.6. The molecule has 1 heterocycles. The van der Waals surface area contributed by atoms with Gasteiger partial charge in [0.1, 0.15) is 0 Å². The third-order valence-electron chi connectivity index (χ3n) is 5.14. The smallest absolute Gasteiger partial charge is 0.338 e. The van der Waals surface area contributed by atoms with Crippen molar-refractivity contribution in [2.45, 2.75) is 51.6 Å². The number of aromatic nitrogens is 1. The second kappa shape index (κ2) is 7.46. The fourth-order valence-electron chi connectivity index (χ4n) is 3.70. The zero-order chi connectivity index (χ0) is 18.7. The van der Waals surface area contributed by atoms with Gasteiger partial charge in [0, 0.05) is 22.6 Å². The average Bonchev–Trinajstić information content (AvgIpc) is 2.95. The molecule has 0 aliphatic heterocycles. The molecule has 5 heteroatoms. The maximum absolute atomic E-state index is 12.6. The summed E-state index contributed by atoms with van der Waals surface area (Å²) in [7, 11) is 0. The molecule has 1 fully saturated rings. The first-order valence-electron chi connectivity index (χ1n) is 9.09. The van der Waals surface area contributed by atoms with Gasteiger partial charge in [-0.3, -0.25) is 4.79 Å². The Kier molecular flexibility index (Phi) is 5.28. The van der Waals surface area contributed by atoms with Crippen LogP contribution >= 0.6 is 0 Å². The molecule has 26 heavy (non-hydrogen) atoms. The van der Waals surface area contributed by atoms with E-state index in [2.05, 4.69) is 0 Å². The van der Waals surface area contributed by atoms with Crippen molar-refractivity contribution in [3.05, 3.63) is 53.3 Å². The number of benzene rings is 1. The van der Waals surface area contributed by atoms with Crippen LogP contribution in [0.15, 0.2) is 36.4 Å². The number of carbonyl (C=O) groups excluding carboxylic acids is 2. The van der Waals surface area contributed by atoms with Crippen molar-refractivity contribution in [3.8, 4) is 5.69 Å². The molecule has 0 saturated heterocycles. The van der Waals surface area contributed by atoms with Crippen LogP contribution in [0, 0.1) is 13.8 Å². The summed E-state index contributed by atoms with van der Waals surface area (Å²) >= 11 is 0. The number of para-hydroxylation sites is 1. The maximum Gasteiger partial charge on any atom is 0.338 e. The van der Waals surface area contributed by atoms with E-state index in [1.807, 2.05) is 54.8 Å². The molecule has 1 N–H and O–H groups in total. The molecule has 0 amide bonds. The van der Waals surface area contributed by atoms with E-state index >= 15 is 0 Å². The predicted octanol–water partition coefficient (Wildman–Crippen LogP) is 3.52. The Morgan fingerprint density at radius 2 is 1.77 bits per heavy atom. The van der Waals surface area contributed by atoms with Gasteiger partial charge in [0.15, 0.2) is 12.2 Å². The number of aryl methyl sites for hydroxylation is 1. The number of ketones is 1. The van der Waals surface area contributed by atoms with Gasteiger partial charge in [-0.2, -0.15) is 0 Å². The molecule has 0 unspecified atom stereocenters. The Labute approximate surface area is 153 Å². The van der Waals surface area contributed by atoms with Crippen LogP contribution in [-0.2, 0) is 9.53 Å². The summed E-state index contributed by atoms with van der Waals surface area (Å²) in [6, 6.07) is 11.6. The third kappa shape index (κ3) is 3.58. The number of hydrogen-bond donors (Lipinski definition) is 1. The highest BCUT2D eigenvalue weighted by Gasteiger charge is 2.39. The van der Waals surface area contributed by atoms with Crippen LogP contribution in [0.1, 0.15) is 53.8 Å². The summed E-state index contributed by atoms with van der Waals surface area (Å²) in [6.07, 6.45) is 3.43. The summed E-state index contributed by atoms with van der Waals surface area (Å²) in [6.45, 7) is 3.47. The molecular weight excluding hydrogens is 330 g/mol. The topological polar surface area (TPSA) is 68.5 Å². The van der Waals surface area contributed by atoms with E-state index in [1.165, 1.54) is 0 Å². The van der Waals surface area contributed by atoms with E-state index in [1.54, 1.807) is 0 Å². The van der Waals surface area contributed by atoms with Gasteiger partial charge in [-0.25, -0.2) is 4.79 Å². The van der Waals surface area contributed by atoms with Crippen molar-refractivity contribution >= 4 is 11.8 Å². The van der Waals surface area contributed by atoms with Crippen molar-refractivity contribution in [2.24, 2.45) is 0 Å². The van der Waals surface area contributed by atoms with Crippen molar-refractivity contribution < 1.29 is 19.4 Å². The highest BCUT2D eigenvalue weighted by Crippen LogP contribution is 2.29. The fraction of sp³-hybridized carbons (Fsp3) is 0.429. The molecule has 138 valence electrons. The Hall–Kier alpha value is -2.40. The van der Waals surface area contributed by atoms with E-state index in [0.29, 0.717) is 18.4 Å². The van der Waals surface area contributed by atoms with Gasteiger partial charge in [-0.1, -0.05) is 24.6 Å². The number of esters is 1. The monoisotopic (exact) mass is 355 g/mol. The summed E-state index contributed by atoms with van der Waals surface area (Å²) in [5, 5.41) is 10.4. The first-order chi connectivity index (χ1) is 12.4. The van der Waals surface area contributed by atoms with Gasteiger partial charge < -0.3 is 14.4 Å². The molecule has 1 aromatic heterocycles. The number of nitrogens with zero attached hydrogens (tertiary/aromatic N) is 1. The molecule has 5 nitrogen and oxygen atoms in total. The van der Waals surface area contributed by atoms with Crippen LogP contribution in [0.25, 0.3) is 5.69 Å². The van der Waals surface area contributed by atoms with Gasteiger partial charge >= 0.3 is 5.97 Å². The van der Waals surface area contributed by atoms with Gasteiger partial charge in [0.2, 0.25) is 5.78 Å². The normalized spacial score (nSPS) is 16.3. The molecule has 3 rings (SSSR count). The SMILES string of the molecule is Cc1cc(C(=O)COC(=O)C2(O)CCCCC2)c(C)n1-c1ccccc1. The van der Waals surface area contributed by atoms with Crippen molar-refractivity contribution in [2.75, 3.05) is 6.61 Å². The second-order valence-electron chi connectivity index (χ2n) is 7.05. The zero-order valence-corrected chi connectivity index (χ0v) is 15.3. The number of Topliss-reactive ketones (excluding diaryl/α,β-unsaturated/α-hetero) is 1. The number of hydrogen-bond acceptors (Lipinski definition) is 4. The molecule has 2 aromatic rings. The van der Waals surface area contributed by atoms with Crippen LogP contribution in [0.5, 0.6) is 0 Å². The minimum atomic E-state index is -1.43. The van der Waals surface area contributed by atoms with Crippen molar-refractivity contribution in [1.82, 2.24) is 4.57 Å². The summed E-state index contributed by atoms with van der Waals surface area (Å²) in [5.74, 6) is -0.935. The lowest BCUT2D eigenvalue weighted by Crippen LogP contribution is -2.42. The minimum Gasteiger partial charge on any atom is -0.455 e. The average molecular weight is 355 g/mol. The van der Waals surface area contributed by atoms with Crippen LogP contribution in [0.3, 0.4) is 0 Å². The molecule has 0 radical (unpaired) electrons. The Morgan fingerprint density at radius 1 is 1.12 bits per heavy atom. The molecule has 0 spiro atoms. The van der Waals surface area contributed by atoms with Crippen LogP contribution in [0.4, 0.5) is 0 Å². The third-order valence-corrected chi connectivity index (χ3v) is 5.14. The van der Waals surface area contributed by atoms with Crippen LogP contribution in [-0.4, -0.2) is 33.6 Å². The van der Waals surface area contributed by atoms with Gasteiger partial charge in [0.05, 0.1) is 0 Å². The molecule has 1 aliphatic carbocycles. The Balaban J connectivity index is 1.72. The molecule has 1 aliphatic rings. The standard InChI is InChI=1S/C21H25NO4/c1-15-13-18(16(2)22(15)17-9-5-3-6-10-17)19(23)14-26-20(24)21(25)11-7-4-8-12-21/h3,5-6,9-10,13,25H,4,7-8,11-12,14H2,1-2H3.